The molecule has 0 amide bonds. The quantitative estimate of drug-likeness (QED) is 0.354. The molecule has 0 atom stereocenters. The first-order valence-electron chi connectivity index (χ1n) is 8.28. The summed E-state index contributed by atoms with van der Waals surface area (Å²) in [7, 11) is 1.40. The van der Waals surface area contributed by atoms with E-state index in [4.69, 9.17) is 9.47 Å². The van der Waals surface area contributed by atoms with Crippen LogP contribution in [0.4, 0.5) is 26.3 Å². The van der Waals surface area contributed by atoms with Gasteiger partial charge in [0.25, 0.3) is 0 Å². The molecule has 2 aromatic carbocycles. The third kappa shape index (κ3) is 5.75. The Morgan fingerprint density at radius 3 is 1.83 bits per heavy atom. The lowest BCUT2D eigenvalue weighted by Crippen LogP contribution is -2.12. The summed E-state index contributed by atoms with van der Waals surface area (Å²) in [5.74, 6) is -0.478. The summed E-state index contributed by atoms with van der Waals surface area (Å²) < 4.78 is 88.9. The standard InChI is InChI=1S/C20H16F6O3/c1-3-29-18(27)11-17(12-4-6-16(28-2)7-5-12)13-8-14(19(21,22)23)10-15(9-13)20(24,25)26/h4-11H,3H2,1-2H3/b17-11-. The normalized spacial score (nSPS) is 12.6. The Bertz CT molecular complexity index is 864. The molecule has 0 heterocycles. The van der Waals surface area contributed by atoms with Crippen LogP contribution in [0.25, 0.3) is 5.57 Å². The van der Waals surface area contributed by atoms with Gasteiger partial charge in [-0.15, -0.1) is 0 Å². The van der Waals surface area contributed by atoms with Crippen molar-refractivity contribution in [1.82, 2.24) is 0 Å². The van der Waals surface area contributed by atoms with Crippen LogP contribution < -0.4 is 4.74 Å². The number of benzene rings is 2. The lowest BCUT2D eigenvalue weighted by atomic mass is 9.93. The summed E-state index contributed by atoms with van der Waals surface area (Å²) in [5, 5.41) is 0. The maximum Gasteiger partial charge on any atom is 0.416 e. The van der Waals surface area contributed by atoms with Crippen LogP contribution in [0, 0.1) is 0 Å². The molecule has 3 nitrogen and oxygen atoms in total. The van der Waals surface area contributed by atoms with E-state index in [0.29, 0.717) is 17.9 Å². The Hall–Kier alpha value is -2.97. The second-order valence-corrected chi connectivity index (χ2v) is 5.83. The van der Waals surface area contributed by atoms with Crippen molar-refractivity contribution in [2.75, 3.05) is 13.7 Å². The van der Waals surface area contributed by atoms with Crippen molar-refractivity contribution >= 4 is 11.5 Å². The second-order valence-electron chi connectivity index (χ2n) is 5.83. The Morgan fingerprint density at radius 2 is 1.41 bits per heavy atom. The van der Waals surface area contributed by atoms with Crippen LogP contribution >= 0.6 is 0 Å². The molecule has 29 heavy (non-hydrogen) atoms. The molecule has 156 valence electrons. The van der Waals surface area contributed by atoms with E-state index in [1.165, 1.54) is 38.3 Å². The summed E-state index contributed by atoms with van der Waals surface area (Å²) >= 11 is 0. The molecule has 0 aliphatic carbocycles. The van der Waals surface area contributed by atoms with Gasteiger partial charge in [-0.2, -0.15) is 26.3 Å². The highest BCUT2D eigenvalue weighted by Gasteiger charge is 2.37. The van der Waals surface area contributed by atoms with Gasteiger partial charge in [0.2, 0.25) is 0 Å². The minimum Gasteiger partial charge on any atom is -0.497 e. The largest absolute Gasteiger partial charge is 0.497 e. The fourth-order valence-electron chi connectivity index (χ4n) is 2.52. The number of methoxy groups -OCH3 is 1. The van der Waals surface area contributed by atoms with Gasteiger partial charge >= 0.3 is 18.3 Å². The number of hydrogen-bond donors (Lipinski definition) is 0. The van der Waals surface area contributed by atoms with E-state index in [2.05, 4.69) is 0 Å². The molecule has 2 rings (SSSR count). The molecule has 0 unspecified atom stereocenters. The van der Waals surface area contributed by atoms with Crippen LogP contribution in [0.2, 0.25) is 0 Å². The third-order valence-corrected chi connectivity index (χ3v) is 3.85. The number of carbonyl (C=O) groups excluding carboxylic acids is 1. The zero-order valence-electron chi connectivity index (χ0n) is 15.3. The summed E-state index contributed by atoms with van der Waals surface area (Å²) in [6, 6.07) is 6.91. The number of esters is 1. The molecular formula is C20H16F6O3. The lowest BCUT2D eigenvalue weighted by molar-refractivity contribution is -0.143. The molecule has 0 bridgehead atoms. The minimum absolute atomic E-state index is 0.0123. The Labute approximate surface area is 162 Å². The van der Waals surface area contributed by atoms with Crippen LogP contribution in [0.15, 0.2) is 48.5 Å². The molecule has 0 aliphatic rings. The first kappa shape index (κ1) is 22.3. The van der Waals surface area contributed by atoms with E-state index in [-0.39, 0.29) is 23.8 Å². The molecule has 0 aliphatic heterocycles. The van der Waals surface area contributed by atoms with Crippen LogP contribution in [0.5, 0.6) is 5.75 Å². The summed E-state index contributed by atoms with van der Waals surface area (Å²) in [6.07, 6.45) is -9.16. The van der Waals surface area contributed by atoms with Gasteiger partial charge in [0.1, 0.15) is 5.75 Å². The number of hydrogen-bond acceptors (Lipinski definition) is 3. The van der Waals surface area contributed by atoms with E-state index in [1.54, 1.807) is 0 Å². The first-order chi connectivity index (χ1) is 13.5. The maximum atomic E-state index is 13.2. The monoisotopic (exact) mass is 418 g/mol. The molecular weight excluding hydrogens is 402 g/mol. The van der Waals surface area contributed by atoms with Gasteiger partial charge in [0.05, 0.1) is 24.8 Å². The lowest BCUT2D eigenvalue weighted by Gasteiger charge is -2.16. The predicted molar refractivity (Wildman–Crippen MR) is 93.2 cm³/mol. The van der Waals surface area contributed by atoms with E-state index in [0.717, 1.165) is 6.08 Å². The van der Waals surface area contributed by atoms with Crippen molar-refractivity contribution in [2.45, 2.75) is 19.3 Å². The predicted octanol–water partition coefficient (Wildman–Crippen LogP) is 5.73. The van der Waals surface area contributed by atoms with Crippen LogP contribution in [0.1, 0.15) is 29.2 Å². The van der Waals surface area contributed by atoms with Crippen LogP contribution in [-0.4, -0.2) is 19.7 Å². The Balaban J connectivity index is 2.73. The van der Waals surface area contributed by atoms with E-state index in [9.17, 15) is 31.1 Å². The van der Waals surface area contributed by atoms with Gasteiger partial charge in [0.15, 0.2) is 0 Å². The third-order valence-electron chi connectivity index (χ3n) is 3.85. The molecule has 0 aromatic heterocycles. The van der Waals surface area contributed by atoms with Gasteiger partial charge < -0.3 is 9.47 Å². The van der Waals surface area contributed by atoms with Gasteiger partial charge in [-0.3, -0.25) is 0 Å². The molecule has 0 fully saturated rings. The van der Waals surface area contributed by atoms with Gasteiger partial charge in [-0.25, -0.2) is 4.79 Å². The van der Waals surface area contributed by atoms with Gasteiger partial charge in [-0.1, -0.05) is 12.1 Å². The average molecular weight is 418 g/mol. The minimum atomic E-state index is -5.01. The van der Waals surface area contributed by atoms with Crippen molar-refractivity contribution in [3.63, 3.8) is 0 Å². The molecule has 2 aromatic rings. The summed E-state index contributed by atoms with van der Waals surface area (Å²) in [4.78, 5) is 11.9. The van der Waals surface area contributed by atoms with Crippen molar-refractivity contribution in [1.29, 1.82) is 0 Å². The summed E-state index contributed by atoms with van der Waals surface area (Å²) in [5.41, 5.74) is -3.32. The smallest absolute Gasteiger partial charge is 0.416 e. The number of carbonyl (C=O) groups is 1. The molecule has 0 N–H and O–H groups in total. The summed E-state index contributed by atoms with van der Waals surface area (Å²) in [6.45, 7) is 1.51. The van der Waals surface area contributed by atoms with Crippen molar-refractivity contribution in [3.05, 3.63) is 70.8 Å². The SMILES string of the molecule is CCOC(=O)/C=C(/c1ccc(OC)cc1)c1cc(C(F)(F)F)cc(C(F)(F)F)c1. The Kier molecular flexibility index (Phi) is 6.61. The van der Waals surface area contributed by atoms with Crippen molar-refractivity contribution in [2.24, 2.45) is 0 Å². The molecule has 0 radical (unpaired) electrons. The number of halogens is 6. The number of ether oxygens (including phenoxy) is 2. The fraction of sp³-hybridized carbons (Fsp3) is 0.250. The number of alkyl halides is 6. The fourth-order valence-corrected chi connectivity index (χ4v) is 2.52. The van der Waals surface area contributed by atoms with Gasteiger partial charge in [-0.05, 0) is 54.0 Å². The molecule has 0 spiro atoms. The first-order valence-corrected chi connectivity index (χ1v) is 8.28. The van der Waals surface area contributed by atoms with Crippen molar-refractivity contribution < 1.29 is 40.6 Å². The number of rotatable bonds is 5. The molecule has 9 heteroatoms. The Morgan fingerprint density at radius 1 is 0.897 bits per heavy atom. The maximum absolute atomic E-state index is 13.2. The van der Waals surface area contributed by atoms with Crippen LogP contribution in [-0.2, 0) is 21.9 Å². The van der Waals surface area contributed by atoms with E-state index < -0.39 is 35.0 Å². The zero-order chi connectivity index (χ0) is 21.8. The zero-order valence-corrected chi connectivity index (χ0v) is 15.3. The highest BCUT2D eigenvalue weighted by Crippen LogP contribution is 2.38. The highest BCUT2D eigenvalue weighted by atomic mass is 19.4. The highest BCUT2D eigenvalue weighted by molar-refractivity contribution is 5.96. The van der Waals surface area contributed by atoms with Crippen molar-refractivity contribution in [3.8, 4) is 5.75 Å². The van der Waals surface area contributed by atoms with E-state index >= 15 is 0 Å². The average Bonchev–Trinajstić information content (AvgIpc) is 2.65. The molecule has 0 saturated carbocycles. The topological polar surface area (TPSA) is 35.5 Å². The van der Waals surface area contributed by atoms with E-state index in [1.807, 2.05) is 0 Å². The molecule has 0 saturated heterocycles. The van der Waals surface area contributed by atoms with Crippen LogP contribution in [0.3, 0.4) is 0 Å². The van der Waals surface area contributed by atoms with Gasteiger partial charge in [0, 0.05) is 6.08 Å². The second kappa shape index (κ2) is 8.59.